The van der Waals surface area contributed by atoms with Gasteiger partial charge in [0.1, 0.15) is 5.75 Å². The van der Waals surface area contributed by atoms with Gasteiger partial charge in [-0.1, -0.05) is 12.1 Å². The molecule has 1 amide bonds. The van der Waals surface area contributed by atoms with Crippen LogP contribution < -0.4 is 4.74 Å². The Morgan fingerprint density at radius 2 is 1.77 bits per heavy atom. The molecule has 2 aliphatic heterocycles. The Kier molecular flexibility index (Phi) is 6.65. The molecule has 3 heterocycles. The maximum Gasteiger partial charge on any atom is 0.222 e. The fraction of sp³-hybridized carbons (Fsp3) is 0.500. The number of aromatic nitrogens is 1. The van der Waals surface area contributed by atoms with Crippen LogP contribution in [0.4, 0.5) is 0 Å². The van der Waals surface area contributed by atoms with E-state index in [2.05, 4.69) is 22.0 Å². The molecular weight excluding hydrogens is 378 g/mol. The van der Waals surface area contributed by atoms with Crippen LogP contribution in [0.5, 0.6) is 5.75 Å². The number of benzene rings is 1. The minimum absolute atomic E-state index is 0.233. The smallest absolute Gasteiger partial charge is 0.222 e. The SMILES string of the molecule is COc1ccc(CCC(=O)N2CCC(N3C[C@H](OC)[C@@H]3c3ccncc3)CC2)cc1. The van der Waals surface area contributed by atoms with E-state index in [4.69, 9.17) is 9.47 Å². The number of pyridine rings is 1. The first-order valence-electron chi connectivity index (χ1n) is 10.8. The fourth-order valence-corrected chi connectivity index (χ4v) is 4.69. The number of likely N-dealkylation sites (tertiary alicyclic amines) is 2. The number of amides is 1. The number of aryl methyl sites for hydroxylation is 1. The van der Waals surface area contributed by atoms with E-state index in [1.54, 1.807) is 14.2 Å². The lowest BCUT2D eigenvalue weighted by Crippen LogP contribution is -2.60. The van der Waals surface area contributed by atoms with E-state index in [1.165, 1.54) is 11.1 Å². The molecule has 1 aromatic heterocycles. The number of methoxy groups -OCH3 is 2. The molecule has 0 spiro atoms. The lowest BCUT2D eigenvalue weighted by atomic mass is 9.87. The number of hydrogen-bond donors (Lipinski definition) is 0. The predicted octanol–water partition coefficient (Wildman–Crippen LogP) is 3.09. The highest BCUT2D eigenvalue weighted by atomic mass is 16.5. The molecule has 4 rings (SSSR count). The highest BCUT2D eigenvalue weighted by Crippen LogP contribution is 2.39. The zero-order valence-electron chi connectivity index (χ0n) is 17.9. The fourth-order valence-electron chi connectivity index (χ4n) is 4.69. The summed E-state index contributed by atoms with van der Waals surface area (Å²) in [4.78, 5) is 21.4. The summed E-state index contributed by atoms with van der Waals surface area (Å²) in [5.74, 6) is 1.10. The number of nitrogens with zero attached hydrogens (tertiary/aromatic N) is 3. The maximum absolute atomic E-state index is 12.7. The van der Waals surface area contributed by atoms with Crippen molar-refractivity contribution in [3.05, 3.63) is 59.9 Å². The quantitative estimate of drug-likeness (QED) is 0.703. The summed E-state index contributed by atoms with van der Waals surface area (Å²) in [6, 6.07) is 12.9. The topological polar surface area (TPSA) is 54.9 Å². The molecule has 0 saturated carbocycles. The summed E-state index contributed by atoms with van der Waals surface area (Å²) in [7, 11) is 3.46. The zero-order chi connectivity index (χ0) is 20.9. The highest BCUT2D eigenvalue weighted by Gasteiger charge is 2.44. The first-order chi connectivity index (χ1) is 14.7. The van der Waals surface area contributed by atoms with E-state index in [-0.39, 0.29) is 12.0 Å². The Morgan fingerprint density at radius 1 is 1.07 bits per heavy atom. The zero-order valence-corrected chi connectivity index (χ0v) is 17.9. The molecular formula is C24H31N3O3. The highest BCUT2D eigenvalue weighted by molar-refractivity contribution is 5.76. The molecule has 6 heteroatoms. The van der Waals surface area contributed by atoms with Crippen molar-refractivity contribution in [1.29, 1.82) is 0 Å². The van der Waals surface area contributed by atoms with Gasteiger partial charge in [0.2, 0.25) is 5.91 Å². The Hall–Kier alpha value is -2.44. The van der Waals surface area contributed by atoms with E-state index in [0.717, 1.165) is 44.6 Å². The van der Waals surface area contributed by atoms with Crippen molar-refractivity contribution in [3.8, 4) is 5.75 Å². The van der Waals surface area contributed by atoms with Crippen molar-refractivity contribution in [1.82, 2.24) is 14.8 Å². The van der Waals surface area contributed by atoms with Crippen LogP contribution >= 0.6 is 0 Å². The van der Waals surface area contributed by atoms with Crippen LogP contribution in [0.25, 0.3) is 0 Å². The van der Waals surface area contributed by atoms with Gasteiger partial charge in [-0.05, 0) is 54.7 Å². The van der Waals surface area contributed by atoms with Crippen LogP contribution in [0.3, 0.4) is 0 Å². The van der Waals surface area contributed by atoms with E-state index in [9.17, 15) is 4.79 Å². The normalized spacial score (nSPS) is 22.5. The van der Waals surface area contributed by atoms with Crippen molar-refractivity contribution in [2.24, 2.45) is 0 Å². The number of hydrogen-bond acceptors (Lipinski definition) is 5. The third-order valence-electron chi connectivity index (χ3n) is 6.52. The van der Waals surface area contributed by atoms with Gasteiger partial charge in [-0.15, -0.1) is 0 Å². The van der Waals surface area contributed by atoms with Gasteiger partial charge < -0.3 is 14.4 Å². The van der Waals surface area contributed by atoms with Crippen LogP contribution in [0.2, 0.25) is 0 Å². The molecule has 2 saturated heterocycles. The molecule has 2 aromatic rings. The molecule has 0 aliphatic carbocycles. The molecule has 160 valence electrons. The third-order valence-corrected chi connectivity index (χ3v) is 6.52. The van der Waals surface area contributed by atoms with Gasteiger partial charge in [-0.3, -0.25) is 14.7 Å². The average molecular weight is 410 g/mol. The van der Waals surface area contributed by atoms with Gasteiger partial charge in [-0.25, -0.2) is 0 Å². The summed E-state index contributed by atoms with van der Waals surface area (Å²) in [6.45, 7) is 2.63. The van der Waals surface area contributed by atoms with Crippen molar-refractivity contribution < 1.29 is 14.3 Å². The predicted molar refractivity (Wildman–Crippen MR) is 115 cm³/mol. The van der Waals surface area contributed by atoms with Gasteiger partial charge in [0, 0.05) is 51.6 Å². The lowest BCUT2D eigenvalue weighted by Gasteiger charge is -2.53. The summed E-state index contributed by atoms with van der Waals surface area (Å²) < 4.78 is 10.9. The summed E-state index contributed by atoms with van der Waals surface area (Å²) >= 11 is 0. The number of ether oxygens (including phenoxy) is 2. The van der Waals surface area contributed by atoms with Crippen LogP contribution in [0.1, 0.15) is 36.4 Å². The number of piperidine rings is 1. The summed E-state index contributed by atoms with van der Waals surface area (Å²) in [5, 5.41) is 0. The van der Waals surface area contributed by atoms with E-state index >= 15 is 0 Å². The van der Waals surface area contributed by atoms with Crippen molar-refractivity contribution in [2.45, 2.75) is 43.9 Å². The molecule has 0 unspecified atom stereocenters. The molecule has 0 radical (unpaired) electrons. The second kappa shape index (κ2) is 9.58. The van der Waals surface area contributed by atoms with Crippen molar-refractivity contribution >= 4 is 5.91 Å². The van der Waals surface area contributed by atoms with Crippen LogP contribution in [0.15, 0.2) is 48.8 Å². The monoisotopic (exact) mass is 409 g/mol. The van der Waals surface area contributed by atoms with Crippen molar-refractivity contribution in [2.75, 3.05) is 33.9 Å². The summed E-state index contributed by atoms with van der Waals surface area (Å²) in [5.41, 5.74) is 2.44. The maximum atomic E-state index is 12.7. The van der Waals surface area contributed by atoms with Crippen LogP contribution in [-0.2, 0) is 16.0 Å². The number of carbonyl (C=O) groups excluding carboxylic acids is 1. The van der Waals surface area contributed by atoms with Crippen LogP contribution in [-0.4, -0.2) is 66.7 Å². The molecule has 0 N–H and O–H groups in total. The van der Waals surface area contributed by atoms with Gasteiger partial charge >= 0.3 is 0 Å². The first-order valence-corrected chi connectivity index (χ1v) is 10.8. The first kappa shape index (κ1) is 20.8. The minimum Gasteiger partial charge on any atom is -0.497 e. The summed E-state index contributed by atoms with van der Waals surface area (Å²) in [6.07, 6.45) is 7.31. The molecule has 6 nitrogen and oxygen atoms in total. The largest absolute Gasteiger partial charge is 0.497 e. The molecule has 2 aliphatic rings. The Morgan fingerprint density at radius 3 is 2.40 bits per heavy atom. The Balaban J connectivity index is 1.27. The molecule has 2 atom stereocenters. The standard InChI is InChI=1S/C24H31N3O3/c1-29-21-6-3-18(4-7-21)5-8-23(28)26-15-11-20(12-16-26)27-17-22(30-2)24(27)19-9-13-25-14-10-19/h3-4,6-7,9-10,13-14,20,22,24H,5,8,11-12,15-17H2,1-2H3/t22-,24-/m0/s1. The number of rotatable bonds is 7. The second-order valence-corrected chi connectivity index (χ2v) is 8.16. The molecule has 2 fully saturated rings. The van der Waals surface area contributed by atoms with Gasteiger partial charge in [0.25, 0.3) is 0 Å². The third kappa shape index (κ3) is 4.50. The van der Waals surface area contributed by atoms with E-state index in [1.807, 2.05) is 41.6 Å². The average Bonchev–Trinajstić information content (AvgIpc) is 2.78. The minimum atomic E-state index is 0.233. The Labute approximate surface area is 178 Å². The lowest BCUT2D eigenvalue weighted by molar-refractivity contribution is -0.137. The van der Waals surface area contributed by atoms with Gasteiger partial charge in [-0.2, -0.15) is 0 Å². The number of carbonyl (C=O) groups is 1. The van der Waals surface area contributed by atoms with Crippen molar-refractivity contribution in [3.63, 3.8) is 0 Å². The second-order valence-electron chi connectivity index (χ2n) is 8.16. The molecule has 0 bridgehead atoms. The van der Waals surface area contributed by atoms with E-state index in [0.29, 0.717) is 18.5 Å². The van der Waals surface area contributed by atoms with E-state index < -0.39 is 0 Å². The Bertz CT molecular complexity index is 819. The van der Waals surface area contributed by atoms with Gasteiger partial charge in [0.05, 0.1) is 19.3 Å². The van der Waals surface area contributed by atoms with Gasteiger partial charge in [0.15, 0.2) is 0 Å². The molecule has 1 aromatic carbocycles. The van der Waals surface area contributed by atoms with Crippen LogP contribution in [0, 0.1) is 0 Å². The molecule has 30 heavy (non-hydrogen) atoms.